The highest BCUT2D eigenvalue weighted by Crippen LogP contribution is 2.16. The van der Waals surface area contributed by atoms with Gasteiger partial charge in [0.05, 0.1) is 6.54 Å². The molecule has 0 saturated carbocycles. The molecular formula is C21H17BrN4O2. The standard InChI is InChI=1S/C21H17BrN4O2/c22-16-6-7-18-17(10-16)20(27)11-19(25-18)21(28)23-12-14-4-1-2-5-15(14)13-26-9-3-8-24-26/h1-11H,12-13H2,(H,23,28)(H,25,27). The smallest absolute Gasteiger partial charge is 0.268 e. The zero-order chi connectivity index (χ0) is 19.5. The molecule has 28 heavy (non-hydrogen) atoms. The number of aromatic nitrogens is 3. The van der Waals surface area contributed by atoms with E-state index in [4.69, 9.17) is 0 Å². The van der Waals surface area contributed by atoms with Crippen LogP contribution in [0.2, 0.25) is 0 Å². The van der Waals surface area contributed by atoms with Gasteiger partial charge in [0.15, 0.2) is 5.43 Å². The number of rotatable bonds is 5. The van der Waals surface area contributed by atoms with Gasteiger partial charge < -0.3 is 10.3 Å². The molecule has 6 nitrogen and oxygen atoms in total. The Balaban J connectivity index is 1.53. The Morgan fingerprint density at radius 2 is 1.93 bits per heavy atom. The minimum Gasteiger partial charge on any atom is -0.350 e. The molecule has 0 aliphatic carbocycles. The lowest BCUT2D eigenvalue weighted by atomic mass is 10.1. The van der Waals surface area contributed by atoms with Crippen molar-refractivity contribution in [1.82, 2.24) is 20.1 Å². The molecule has 0 fully saturated rings. The van der Waals surface area contributed by atoms with E-state index in [1.165, 1.54) is 6.07 Å². The Kier molecular flexibility index (Phi) is 5.08. The van der Waals surface area contributed by atoms with E-state index in [1.54, 1.807) is 18.3 Å². The molecule has 0 aliphatic heterocycles. The largest absolute Gasteiger partial charge is 0.350 e. The van der Waals surface area contributed by atoms with Gasteiger partial charge in [-0.2, -0.15) is 5.10 Å². The van der Waals surface area contributed by atoms with Gasteiger partial charge in [-0.25, -0.2) is 0 Å². The molecule has 140 valence electrons. The van der Waals surface area contributed by atoms with Crippen LogP contribution in [0.5, 0.6) is 0 Å². The van der Waals surface area contributed by atoms with E-state index < -0.39 is 0 Å². The molecular weight excluding hydrogens is 420 g/mol. The quantitative estimate of drug-likeness (QED) is 0.502. The third-order valence-corrected chi connectivity index (χ3v) is 4.98. The lowest BCUT2D eigenvalue weighted by molar-refractivity contribution is 0.0946. The first-order valence-corrected chi connectivity index (χ1v) is 9.54. The molecule has 0 radical (unpaired) electrons. The Hall–Kier alpha value is -3.19. The van der Waals surface area contributed by atoms with Crippen LogP contribution >= 0.6 is 15.9 Å². The van der Waals surface area contributed by atoms with Crippen molar-refractivity contribution in [2.24, 2.45) is 0 Å². The Labute approximate surface area is 169 Å². The van der Waals surface area contributed by atoms with E-state index >= 15 is 0 Å². The minimum absolute atomic E-state index is 0.195. The number of carbonyl (C=O) groups excluding carboxylic acids is 1. The van der Waals surface area contributed by atoms with Gasteiger partial charge in [0.2, 0.25) is 0 Å². The number of fused-ring (bicyclic) bond motifs is 1. The lowest BCUT2D eigenvalue weighted by Crippen LogP contribution is -2.26. The molecule has 0 spiro atoms. The van der Waals surface area contributed by atoms with Gasteiger partial charge in [-0.1, -0.05) is 40.2 Å². The summed E-state index contributed by atoms with van der Waals surface area (Å²) in [7, 11) is 0. The van der Waals surface area contributed by atoms with Crippen molar-refractivity contribution in [3.63, 3.8) is 0 Å². The summed E-state index contributed by atoms with van der Waals surface area (Å²) >= 11 is 3.35. The third kappa shape index (κ3) is 3.89. The molecule has 1 amide bonds. The number of H-pyrrole nitrogens is 1. The maximum atomic E-state index is 12.6. The summed E-state index contributed by atoms with van der Waals surface area (Å²) in [6, 6.07) is 16.4. The normalized spacial score (nSPS) is 10.9. The highest BCUT2D eigenvalue weighted by Gasteiger charge is 2.11. The first-order valence-electron chi connectivity index (χ1n) is 8.75. The Morgan fingerprint density at radius 3 is 2.71 bits per heavy atom. The number of nitrogens with zero attached hydrogens (tertiary/aromatic N) is 2. The fourth-order valence-electron chi connectivity index (χ4n) is 3.07. The molecule has 2 aromatic heterocycles. The zero-order valence-electron chi connectivity index (χ0n) is 14.9. The molecule has 2 heterocycles. The highest BCUT2D eigenvalue weighted by molar-refractivity contribution is 9.10. The number of pyridine rings is 1. The van der Waals surface area contributed by atoms with Crippen LogP contribution in [-0.2, 0) is 13.1 Å². The van der Waals surface area contributed by atoms with Gasteiger partial charge in [-0.15, -0.1) is 0 Å². The molecule has 4 aromatic rings. The Bertz CT molecular complexity index is 1200. The van der Waals surface area contributed by atoms with Crippen LogP contribution < -0.4 is 10.7 Å². The summed E-state index contributed by atoms with van der Waals surface area (Å²) in [5.41, 5.74) is 2.74. The highest BCUT2D eigenvalue weighted by atomic mass is 79.9. The number of hydrogen-bond donors (Lipinski definition) is 2. The topological polar surface area (TPSA) is 79.8 Å². The van der Waals surface area contributed by atoms with Gasteiger partial charge in [0.25, 0.3) is 5.91 Å². The fraction of sp³-hybridized carbons (Fsp3) is 0.0952. The van der Waals surface area contributed by atoms with Crippen molar-refractivity contribution in [2.75, 3.05) is 0 Å². The molecule has 0 atom stereocenters. The number of amides is 1. The van der Waals surface area contributed by atoms with Crippen molar-refractivity contribution in [2.45, 2.75) is 13.1 Å². The zero-order valence-corrected chi connectivity index (χ0v) is 16.4. The number of halogens is 1. The van der Waals surface area contributed by atoms with Crippen LogP contribution in [0.3, 0.4) is 0 Å². The van der Waals surface area contributed by atoms with Crippen LogP contribution in [-0.4, -0.2) is 20.7 Å². The molecule has 2 N–H and O–H groups in total. The SMILES string of the molecule is O=C(NCc1ccccc1Cn1cccn1)c1cc(=O)c2cc(Br)ccc2[nH]1. The summed E-state index contributed by atoms with van der Waals surface area (Å²) in [5, 5.41) is 7.65. The minimum atomic E-state index is -0.323. The maximum absolute atomic E-state index is 12.6. The van der Waals surface area contributed by atoms with Crippen molar-refractivity contribution in [3.8, 4) is 0 Å². The summed E-state index contributed by atoms with van der Waals surface area (Å²) in [6.45, 7) is 0.984. The molecule has 4 rings (SSSR count). The van der Waals surface area contributed by atoms with Crippen LogP contribution in [0.15, 0.2) is 76.3 Å². The third-order valence-electron chi connectivity index (χ3n) is 4.49. The number of carbonyl (C=O) groups is 1. The fourth-order valence-corrected chi connectivity index (χ4v) is 3.43. The van der Waals surface area contributed by atoms with Crippen LogP contribution in [0.4, 0.5) is 0 Å². The second-order valence-corrected chi connectivity index (χ2v) is 7.31. The number of benzene rings is 2. The predicted molar refractivity (Wildman–Crippen MR) is 111 cm³/mol. The van der Waals surface area contributed by atoms with Gasteiger partial charge in [-0.05, 0) is 35.4 Å². The van der Waals surface area contributed by atoms with E-state index in [0.29, 0.717) is 24.0 Å². The number of aromatic amines is 1. The average molecular weight is 437 g/mol. The first-order chi connectivity index (χ1) is 13.6. The van der Waals surface area contributed by atoms with Crippen molar-refractivity contribution >= 4 is 32.7 Å². The predicted octanol–water partition coefficient (Wildman–Crippen LogP) is 3.47. The van der Waals surface area contributed by atoms with Crippen molar-refractivity contribution in [1.29, 1.82) is 0 Å². The first kappa shape index (κ1) is 18.2. The van der Waals surface area contributed by atoms with Gasteiger partial charge in [-0.3, -0.25) is 14.3 Å². The number of hydrogen-bond acceptors (Lipinski definition) is 3. The molecule has 0 saturated heterocycles. The summed E-state index contributed by atoms with van der Waals surface area (Å²) in [5.74, 6) is -0.323. The average Bonchev–Trinajstić information content (AvgIpc) is 3.20. The van der Waals surface area contributed by atoms with E-state index in [0.717, 1.165) is 15.6 Å². The van der Waals surface area contributed by atoms with Gasteiger partial charge in [0, 0.05) is 40.4 Å². The van der Waals surface area contributed by atoms with E-state index in [2.05, 4.69) is 31.3 Å². The van der Waals surface area contributed by atoms with Crippen molar-refractivity contribution in [3.05, 3.63) is 98.5 Å². The van der Waals surface area contributed by atoms with E-state index in [1.807, 2.05) is 47.3 Å². The second kappa shape index (κ2) is 7.82. The maximum Gasteiger partial charge on any atom is 0.268 e. The van der Waals surface area contributed by atoms with Crippen LogP contribution in [0.25, 0.3) is 10.9 Å². The van der Waals surface area contributed by atoms with E-state index in [-0.39, 0.29) is 17.0 Å². The molecule has 7 heteroatoms. The van der Waals surface area contributed by atoms with Crippen LogP contribution in [0.1, 0.15) is 21.6 Å². The van der Waals surface area contributed by atoms with Crippen molar-refractivity contribution < 1.29 is 4.79 Å². The van der Waals surface area contributed by atoms with Gasteiger partial charge >= 0.3 is 0 Å². The monoisotopic (exact) mass is 436 g/mol. The van der Waals surface area contributed by atoms with Gasteiger partial charge in [0.1, 0.15) is 5.69 Å². The lowest BCUT2D eigenvalue weighted by Gasteiger charge is -2.11. The summed E-state index contributed by atoms with van der Waals surface area (Å²) in [6.07, 6.45) is 3.63. The van der Waals surface area contributed by atoms with Crippen LogP contribution in [0, 0.1) is 0 Å². The molecule has 0 aliphatic rings. The molecule has 0 unspecified atom stereocenters. The Morgan fingerprint density at radius 1 is 1.11 bits per heavy atom. The molecule has 2 aromatic carbocycles. The number of nitrogens with one attached hydrogen (secondary N) is 2. The summed E-state index contributed by atoms with van der Waals surface area (Å²) < 4.78 is 2.65. The second-order valence-electron chi connectivity index (χ2n) is 6.39. The molecule has 0 bridgehead atoms. The van der Waals surface area contributed by atoms with E-state index in [9.17, 15) is 9.59 Å². The summed E-state index contributed by atoms with van der Waals surface area (Å²) in [4.78, 5) is 28.0.